The molecule has 10 aromatic rings. The van der Waals surface area contributed by atoms with Gasteiger partial charge in [-0.2, -0.15) is 0 Å². The van der Waals surface area contributed by atoms with Crippen molar-refractivity contribution in [2.75, 3.05) is 86.0 Å². The molecule has 0 aliphatic carbocycles. The van der Waals surface area contributed by atoms with Gasteiger partial charge in [-0.25, -0.2) is 19.2 Å². The van der Waals surface area contributed by atoms with E-state index in [-0.39, 0.29) is 70.7 Å². The average molecular weight is 2080 g/mol. The molecular weight excluding hydrogens is 1950 g/mol. The molecule has 10 rings (SSSR count). The Balaban J connectivity index is -0.00000156. The smallest absolute Gasteiger partial charge is 0.870 e. The number of amides is 4. The molecule has 139 heavy (non-hydrogen) atoms. The van der Waals surface area contributed by atoms with E-state index in [0.717, 1.165) is 79.5 Å². The second-order valence-electron chi connectivity index (χ2n) is 33.3. The van der Waals surface area contributed by atoms with Crippen molar-refractivity contribution < 1.29 is 140 Å². The maximum absolute atomic E-state index is 11.5. The largest absolute Gasteiger partial charge is 1.00 e. The Hall–Kier alpha value is -11.8. The van der Waals surface area contributed by atoms with Crippen LogP contribution in [0.15, 0.2) is 253 Å². The van der Waals surface area contributed by atoms with Crippen LogP contribution in [0, 0.1) is 60.2 Å². The summed E-state index contributed by atoms with van der Waals surface area (Å²) < 4.78 is 55.5. The summed E-state index contributed by atoms with van der Waals surface area (Å²) in [6, 6.07) is 60.8. The molecule has 12 N–H and O–H groups in total. The van der Waals surface area contributed by atoms with Gasteiger partial charge in [0.25, 0.3) is 0 Å². The third-order valence-electron chi connectivity index (χ3n) is 15.1. The van der Waals surface area contributed by atoms with Crippen LogP contribution < -0.4 is 113 Å². The van der Waals surface area contributed by atoms with Crippen molar-refractivity contribution >= 4 is 68.6 Å². The van der Waals surface area contributed by atoms with Crippen molar-refractivity contribution in [1.29, 1.82) is 0 Å². The van der Waals surface area contributed by atoms with Crippen LogP contribution in [-0.4, -0.2) is 185 Å². The first-order valence-corrected chi connectivity index (χ1v) is 45.0. The van der Waals surface area contributed by atoms with Crippen LogP contribution >= 0.6 is 44.3 Å². The molecule has 0 fully saturated rings. The first-order valence-electron chi connectivity index (χ1n) is 43.4. The molecule has 0 atom stereocenters. The molecule has 4 aromatic heterocycles. The average Bonchev–Trinajstić information content (AvgIpc) is 0.897. The number of hydrogen-bond acceptors (Lipinski definition) is 24. The topological polar surface area (TPSA) is 403 Å². The number of benzene rings is 6. The summed E-state index contributed by atoms with van der Waals surface area (Å²) in [6.07, 6.45) is 24.4. The van der Waals surface area contributed by atoms with Gasteiger partial charge in [-0.3, -0.25) is 19.9 Å². The van der Waals surface area contributed by atoms with E-state index in [9.17, 15) is 24.3 Å². The van der Waals surface area contributed by atoms with E-state index in [0.29, 0.717) is 96.2 Å². The van der Waals surface area contributed by atoms with Gasteiger partial charge in [-0.15, -0.1) is 25.3 Å². The maximum atomic E-state index is 11.5. The minimum Gasteiger partial charge on any atom is -0.870 e. The van der Waals surface area contributed by atoms with Gasteiger partial charge in [0.2, 0.25) is 0 Å². The van der Waals surface area contributed by atoms with Crippen molar-refractivity contribution in [3.05, 3.63) is 297 Å². The Morgan fingerprint density at radius 3 is 0.928 bits per heavy atom. The number of carbonyl (C=O) groups is 4. The third kappa shape index (κ3) is 74.0. The second kappa shape index (κ2) is 73.4. The Kier molecular flexibility index (Phi) is 68.3. The SMILES string of the molecule is Brc1cccnc1.C#CC(C)(C)O.C#Cc1cccc(OCCNC(=O)OC(C)(C)C)c1.CC(C)(C)OC(=O)NCCOc1cccc(Br)c1.CC(C)(C)OC(=O)NCCOc1cccc(C#Cc2cccnc2)c1.CC(C)(O)C#Cc1cccc(OCCNC(=O)OC(C)(C)C)c1.CO.Cl.NCCOc1cccc(C#Cc2cccnc2)c1.NCCOc1cccc(CCc2cccnc2)c1.[HH].[K+].[OH-]. The van der Waals surface area contributed by atoms with Gasteiger partial charge in [0.05, 0.1) is 26.2 Å². The van der Waals surface area contributed by atoms with Gasteiger partial charge in [0.15, 0.2) is 0 Å². The molecular formula is C107H136Br2ClKN10O18. The van der Waals surface area contributed by atoms with Gasteiger partial charge < -0.3 is 101 Å². The van der Waals surface area contributed by atoms with E-state index in [1.54, 1.807) is 83.2 Å². The fourth-order valence-electron chi connectivity index (χ4n) is 9.48. The molecule has 28 nitrogen and oxygen atoms in total. The van der Waals surface area contributed by atoms with Gasteiger partial charge >= 0.3 is 75.8 Å². The number of pyridine rings is 4. The van der Waals surface area contributed by atoms with Crippen LogP contribution in [0.25, 0.3) is 0 Å². The standard InChI is InChI=1S/C20H22N2O3.C18H25NO4.C15H18N2O.C15H14N2O.C15H19NO3.C13H18BrNO3.C5H4BrN.C5H8O.CH4O.ClH.K.H2O.H2/c1-20(2,3)25-19(23)22-12-13-24-18-8-4-6-16(14-18)9-10-17-7-5-11-21-15-17;1-17(2,3)23-16(20)19-11-12-22-15-8-6-7-14(13-15)9-10-18(4,5)21;2*16-8-10-18-15-5-1-3-13(11-15)6-7-14-4-2-9-17-12-14;1-5-12-7-6-8-13(11-12)18-10-9-16-14(17)19-15(2,3)4;1-13(2,3)18-12(16)15-7-8-17-11-6-4-5-10(14)9-11;6-5-2-1-3-7-4-5;1-4-5(2,3)6;1-2;;;;/h4-8,11,14-15H,12-13H2,1-3H3,(H,22,23);6-8,13,21H,11-12H2,1-5H3,(H,19,20);1-5,9,11-12H,6-8,10,16H2;1-5,9,11-12H,8,10,16H2;1,6-8,11H,9-10H2,2-4H3,(H,16,17);4-6,9H,7-8H2,1-3H3,(H,15,16);1-4H;1,6H,2-3H3;2H,1H3;1H;;1H2;1H/q;;;;;;;;;;+1;;/p-1. The van der Waals surface area contributed by atoms with Crippen molar-refractivity contribution in [2.24, 2.45) is 11.5 Å². The predicted molar refractivity (Wildman–Crippen MR) is 554 cm³/mol. The van der Waals surface area contributed by atoms with Crippen LogP contribution in [0.1, 0.15) is 157 Å². The third-order valence-corrected chi connectivity index (χ3v) is 16.0. The van der Waals surface area contributed by atoms with Gasteiger partial charge in [-0.1, -0.05) is 112 Å². The zero-order chi connectivity index (χ0) is 101. The molecule has 6 aromatic carbocycles. The van der Waals surface area contributed by atoms with Crippen LogP contribution in [0.3, 0.4) is 0 Å². The molecule has 0 saturated carbocycles. The number of aryl methyl sites for hydroxylation is 2. The van der Waals surface area contributed by atoms with Crippen molar-refractivity contribution in [2.45, 2.75) is 157 Å². The summed E-state index contributed by atoms with van der Waals surface area (Å²) >= 11 is 6.61. The van der Waals surface area contributed by atoms with Crippen LogP contribution in [0.4, 0.5) is 19.2 Å². The summed E-state index contributed by atoms with van der Waals surface area (Å²) in [5.74, 6) is 27.1. The number of nitrogens with two attached hydrogens (primary N) is 2. The number of ether oxygens (including phenoxy) is 10. The Morgan fingerprint density at radius 1 is 0.360 bits per heavy atom. The summed E-state index contributed by atoms with van der Waals surface area (Å²) in [7, 11) is 1.00. The second-order valence-corrected chi connectivity index (χ2v) is 35.1. The number of aromatic nitrogens is 4. The molecule has 0 aliphatic heterocycles. The summed E-state index contributed by atoms with van der Waals surface area (Å²) in [6.45, 7) is 33.2. The normalized spacial score (nSPS) is 10.0. The number of carbonyl (C=O) groups excluding carboxylic acids is 4. The molecule has 0 aliphatic rings. The van der Waals surface area contributed by atoms with Crippen LogP contribution in [0.2, 0.25) is 0 Å². The fourth-order valence-corrected chi connectivity index (χ4v) is 10.1. The maximum Gasteiger partial charge on any atom is 1.00 e. The van der Waals surface area contributed by atoms with Gasteiger partial charge in [0, 0.05) is 114 Å². The summed E-state index contributed by atoms with van der Waals surface area (Å²) in [5.41, 5.74) is 14.4. The molecule has 4 amide bonds. The first-order chi connectivity index (χ1) is 64.5. The molecule has 32 heteroatoms. The summed E-state index contributed by atoms with van der Waals surface area (Å²) in [4.78, 5) is 61.7. The quantitative estimate of drug-likeness (QED) is 0.0111. The number of aliphatic hydroxyl groups excluding tert-OH is 1. The van der Waals surface area contributed by atoms with E-state index < -0.39 is 58.0 Å². The van der Waals surface area contributed by atoms with E-state index in [4.69, 9.17) is 81.9 Å². The monoisotopic (exact) mass is 2080 g/mol. The van der Waals surface area contributed by atoms with Crippen LogP contribution in [-0.2, 0) is 31.8 Å². The number of alkyl carbamates (subject to hydrolysis) is 4. The van der Waals surface area contributed by atoms with Crippen molar-refractivity contribution in [3.8, 4) is 94.7 Å². The predicted octanol–water partition coefficient (Wildman–Crippen LogP) is 15.4. The Bertz CT molecular complexity index is 5390. The number of aliphatic hydroxyl groups is 3. The number of rotatable bonds is 25. The number of nitrogens with one attached hydrogen (secondary N) is 4. The Morgan fingerprint density at radius 2 is 0.633 bits per heavy atom. The fraction of sp³-hybridized carbons (Fsp3) is 0.346. The minimum atomic E-state index is -1.03. The molecule has 4 heterocycles. The number of hydrogen-bond donors (Lipinski definition) is 9. The molecule has 0 radical (unpaired) electrons. The van der Waals surface area contributed by atoms with Gasteiger partial charge in [-0.05, 0) is 296 Å². The van der Waals surface area contributed by atoms with E-state index in [2.05, 4.69) is 139 Å². The van der Waals surface area contributed by atoms with Crippen LogP contribution in [0.5, 0.6) is 34.5 Å². The molecule has 0 bridgehead atoms. The molecule has 0 unspecified atom stereocenters. The summed E-state index contributed by atoms with van der Waals surface area (Å²) in [5, 5.41) is 35.7. The first kappa shape index (κ1) is 129. The number of nitrogens with zero attached hydrogens (tertiary/aromatic N) is 4. The van der Waals surface area contributed by atoms with E-state index in [1.165, 1.54) is 11.1 Å². The zero-order valence-corrected chi connectivity index (χ0v) is 89.9. The molecule has 744 valence electrons. The Labute approximate surface area is 888 Å². The number of halogens is 3. The van der Waals surface area contributed by atoms with Crippen molar-refractivity contribution in [1.82, 2.24) is 41.2 Å². The zero-order valence-electron chi connectivity index (χ0n) is 82.8. The molecule has 0 spiro atoms. The minimum absolute atomic E-state index is 0. The van der Waals surface area contributed by atoms with E-state index in [1.807, 2.05) is 253 Å². The van der Waals surface area contributed by atoms with Gasteiger partial charge in [0.1, 0.15) is 108 Å². The van der Waals surface area contributed by atoms with E-state index >= 15 is 0 Å². The van der Waals surface area contributed by atoms with Crippen molar-refractivity contribution in [3.63, 3.8) is 0 Å². The molecule has 0 saturated heterocycles. The number of terminal acetylenes is 2.